The quantitative estimate of drug-likeness (QED) is 0.876. The minimum absolute atomic E-state index is 0.267. The molecule has 1 saturated heterocycles. The van der Waals surface area contributed by atoms with Crippen molar-refractivity contribution in [2.45, 2.75) is 32.4 Å². The highest BCUT2D eigenvalue weighted by atomic mass is 16.5. The second-order valence-corrected chi connectivity index (χ2v) is 6.22. The third kappa shape index (κ3) is 4.72. The van der Waals surface area contributed by atoms with Crippen molar-refractivity contribution in [3.05, 3.63) is 47.7 Å². The number of pyridine rings is 1. The van der Waals surface area contributed by atoms with E-state index in [1.54, 1.807) is 0 Å². The Hall–Kier alpha value is -2.05. The van der Waals surface area contributed by atoms with Crippen LogP contribution in [0.15, 0.2) is 30.7 Å². The van der Waals surface area contributed by atoms with Crippen molar-refractivity contribution in [1.29, 1.82) is 0 Å². The van der Waals surface area contributed by atoms with Gasteiger partial charge in [0.25, 0.3) is 0 Å². The lowest BCUT2D eigenvalue weighted by Gasteiger charge is -2.32. The Labute approximate surface area is 143 Å². The van der Waals surface area contributed by atoms with Crippen LogP contribution in [0.5, 0.6) is 0 Å². The van der Waals surface area contributed by atoms with Gasteiger partial charge in [-0.3, -0.25) is 14.9 Å². The Balaban J connectivity index is 1.50. The normalized spacial score (nSPS) is 18.5. The average molecular weight is 327 g/mol. The molecule has 1 N–H and O–H groups in total. The Morgan fingerprint density at radius 1 is 1.29 bits per heavy atom. The molecule has 0 spiro atoms. The van der Waals surface area contributed by atoms with Crippen molar-refractivity contribution in [1.82, 2.24) is 19.9 Å². The van der Waals surface area contributed by atoms with Crippen LogP contribution < -0.4 is 5.32 Å². The molecular weight excluding hydrogens is 302 g/mol. The molecule has 6 nitrogen and oxygen atoms in total. The molecule has 1 aliphatic rings. The van der Waals surface area contributed by atoms with Crippen LogP contribution in [-0.4, -0.2) is 52.7 Å². The predicted molar refractivity (Wildman–Crippen MR) is 93.9 cm³/mol. The summed E-state index contributed by atoms with van der Waals surface area (Å²) >= 11 is 0. The summed E-state index contributed by atoms with van der Waals surface area (Å²) in [7, 11) is 1.89. The lowest BCUT2D eigenvalue weighted by atomic mass is 10.1. The number of morpholine rings is 1. The zero-order chi connectivity index (χ0) is 16.8. The van der Waals surface area contributed by atoms with Crippen LogP contribution in [0.25, 0.3) is 0 Å². The lowest BCUT2D eigenvalue weighted by Crippen LogP contribution is -2.42. The number of ether oxygens (including phenoxy) is 1. The Morgan fingerprint density at radius 2 is 2.21 bits per heavy atom. The third-order valence-corrected chi connectivity index (χ3v) is 4.28. The fourth-order valence-electron chi connectivity index (χ4n) is 2.92. The van der Waals surface area contributed by atoms with Crippen molar-refractivity contribution >= 4 is 5.82 Å². The highest BCUT2D eigenvalue weighted by Gasteiger charge is 2.20. The first kappa shape index (κ1) is 16.8. The van der Waals surface area contributed by atoms with Crippen molar-refractivity contribution in [3.8, 4) is 0 Å². The zero-order valence-electron chi connectivity index (χ0n) is 14.4. The molecule has 3 heterocycles. The molecule has 3 rings (SSSR count). The van der Waals surface area contributed by atoms with Crippen LogP contribution in [-0.2, 0) is 17.7 Å². The van der Waals surface area contributed by atoms with Crippen LogP contribution in [0.4, 0.5) is 5.82 Å². The number of nitrogens with zero attached hydrogens (tertiary/aromatic N) is 4. The number of aryl methyl sites for hydroxylation is 2. The molecule has 1 atom stereocenters. The van der Waals surface area contributed by atoms with Gasteiger partial charge in [-0.2, -0.15) is 0 Å². The van der Waals surface area contributed by atoms with Gasteiger partial charge in [0.15, 0.2) is 0 Å². The fraction of sp³-hybridized carbons (Fsp3) is 0.500. The van der Waals surface area contributed by atoms with E-state index in [1.165, 1.54) is 5.56 Å². The fourth-order valence-corrected chi connectivity index (χ4v) is 2.92. The van der Waals surface area contributed by atoms with Gasteiger partial charge < -0.3 is 10.1 Å². The van der Waals surface area contributed by atoms with Gasteiger partial charge in [-0.15, -0.1) is 0 Å². The van der Waals surface area contributed by atoms with Crippen molar-refractivity contribution in [3.63, 3.8) is 0 Å². The van der Waals surface area contributed by atoms with E-state index < -0.39 is 0 Å². The number of hydrogen-bond acceptors (Lipinski definition) is 6. The summed E-state index contributed by atoms with van der Waals surface area (Å²) in [6.07, 6.45) is 7.84. The summed E-state index contributed by atoms with van der Waals surface area (Å²) in [5, 5.41) is 3.08. The van der Waals surface area contributed by atoms with E-state index in [9.17, 15) is 0 Å². The van der Waals surface area contributed by atoms with Crippen LogP contribution in [0, 0.1) is 6.92 Å². The molecule has 0 amide bonds. The molecule has 6 heteroatoms. The monoisotopic (exact) mass is 327 g/mol. The number of aromatic nitrogens is 3. The maximum absolute atomic E-state index is 5.93. The van der Waals surface area contributed by atoms with Crippen LogP contribution >= 0.6 is 0 Å². The molecule has 1 fully saturated rings. The first-order valence-electron chi connectivity index (χ1n) is 8.47. The number of anilines is 1. The summed E-state index contributed by atoms with van der Waals surface area (Å²) in [6.45, 7) is 5.47. The highest BCUT2D eigenvalue weighted by molar-refractivity contribution is 5.36. The van der Waals surface area contributed by atoms with Gasteiger partial charge in [0.05, 0.1) is 24.1 Å². The highest BCUT2D eigenvalue weighted by Crippen LogP contribution is 2.15. The molecule has 2 aromatic rings. The molecule has 2 aromatic heterocycles. The standard InChI is InChI=1S/C18H25N5O/c1-14-10-22-16(11-21-14)12-23-7-8-24-17(13-23)4-3-15-5-6-20-18(9-15)19-2/h5-6,9-11,17H,3-4,7-8,12-13H2,1-2H3,(H,19,20). The third-order valence-electron chi connectivity index (χ3n) is 4.28. The van der Waals surface area contributed by atoms with Gasteiger partial charge in [-0.1, -0.05) is 0 Å². The number of nitrogens with one attached hydrogen (secondary N) is 1. The van der Waals surface area contributed by atoms with Crippen molar-refractivity contribution in [2.24, 2.45) is 0 Å². The SMILES string of the molecule is CNc1cc(CCC2CN(Cc3cnc(C)cn3)CCO2)ccn1. The maximum Gasteiger partial charge on any atom is 0.125 e. The largest absolute Gasteiger partial charge is 0.376 e. The summed E-state index contributed by atoms with van der Waals surface area (Å²) < 4.78 is 5.93. The van der Waals surface area contributed by atoms with Crippen molar-refractivity contribution in [2.75, 3.05) is 32.1 Å². The first-order chi connectivity index (χ1) is 11.7. The minimum Gasteiger partial charge on any atom is -0.376 e. The Morgan fingerprint density at radius 3 is 3.00 bits per heavy atom. The van der Waals surface area contributed by atoms with E-state index in [4.69, 9.17) is 4.74 Å². The smallest absolute Gasteiger partial charge is 0.125 e. The van der Waals surface area contributed by atoms with Crippen LogP contribution in [0.3, 0.4) is 0 Å². The predicted octanol–water partition coefficient (Wildman–Crippen LogP) is 2.06. The molecule has 128 valence electrons. The molecule has 0 saturated carbocycles. The second-order valence-electron chi connectivity index (χ2n) is 6.22. The molecule has 24 heavy (non-hydrogen) atoms. The molecule has 1 aliphatic heterocycles. The van der Waals surface area contributed by atoms with Gasteiger partial charge in [0, 0.05) is 45.3 Å². The van der Waals surface area contributed by atoms with E-state index >= 15 is 0 Å². The van der Waals surface area contributed by atoms with Crippen molar-refractivity contribution < 1.29 is 4.74 Å². The molecule has 0 bridgehead atoms. The molecule has 0 aliphatic carbocycles. The summed E-state index contributed by atoms with van der Waals surface area (Å²) in [5.74, 6) is 0.914. The van der Waals surface area contributed by atoms with Gasteiger partial charge in [-0.05, 0) is 37.5 Å². The summed E-state index contributed by atoms with van der Waals surface area (Å²) in [5.41, 5.74) is 3.27. The van der Waals surface area contributed by atoms with E-state index in [-0.39, 0.29) is 6.10 Å². The van der Waals surface area contributed by atoms with Gasteiger partial charge in [0.1, 0.15) is 5.82 Å². The van der Waals surface area contributed by atoms with E-state index in [0.29, 0.717) is 0 Å². The summed E-state index contributed by atoms with van der Waals surface area (Å²) in [6, 6.07) is 4.17. The van der Waals surface area contributed by atoms with E-state index in [0.717, 1.165) is 56.3 Å². The first-order valence-corrected chi connectivity index (χ1v) is 8.47. The topological polar surface area (TPSA) is 63.2 Å². The summed E-state index contributed by atoms with van der Waals surface area (Å²) in [4.78, 5) is 15.4. The number of hydrogen-bond donors (Lipinski definition) is 1. The Kier molecular flexibility index (Phi) is 5.72. The number of rotatable bonds is 6. The van der Waals surface area contributed by atoms with Gasteiger partial charge in [-0.25, -0.2) is 4.98 Å². The Bertz CT molecular complexity index is 646. The maximum atomic E-state index is 5.93. The average Bonchev–Trinajstić information content (AvgIpc) is 2.62. The van der Waals surface area contributed by atoms with E-state index in [1.807, 2.05) is 32.6 Å². The van der Waals surface area contributed by atoms with Crippen LogP contribution in [0.2, 0.25) is 0 Å². The van der Waals surface area contributed by atoms with E-state index in [2.05, 4.69) is 37.3 Å². The van der Waals surface area contributed by atoms with Gasteiger partial charge >= 0.3 is 0 Å². The minimum atomic E-state index is 0.267. The zero-order valence-corrected chi connectivity index (χ0v) is 14.4. The molecular formula is C18H25N5O. The lowest BCUT2D eigenvalue weighted by molar-refractivity contribution is -0.0349. The molecule has 0 aromatic carbocycles. The molecule has 1 unspecified atom stereocenters. The van der Waals surface area contributed by atoms with Gasteiger partial charge in [0.2, 0.25) is 0 Å². The second kappa shape index (κ2) is 8.17. The molecule has 0 radical (unpaired) electrons. The van der Waals surface area contributed by atoms with Crippen LogP contribution in [0.1, 0.15) is 23.4 Å².